The van der Waals surface area contributed by atoms with Gasteiger partial charge in [0.15, 0.2) is 5.65 Å². The number of amides is 1. The molecule has 2 aliphatic rings. The number of anilines is 2. The van der Waals surface area contributed by atoms with Crippen LogP contribution in [-0.2, 0) is 0 Å². The van der Waals surface area contributed by atoms with Gasteiger partial charge in [-0.3, -0.25) is 14.6 Å². The molecule has 0 radical (unpaired) electrons. The topological polar surface area (TPSA) is 138 Å². The second-order valence-electron chi connectivity index (χ2n) is 10.8. The molecule has 2 fully saturated rings. The summed E-state index contributed by atoms with van der Waals surface area (Å²) in [5, 5.41) is 19.4. The fraction of sp³-hybridized carbons (Fsp3) is 0.367. The predicted octanol–water partition coefficient (Wildman–Crippen LogP) is 3.33. The molecule has 4 heterocycles. The molecule has 3 aromatic heterocycles. The molecule has 4 aromatic rings. The van der Waals surface area contributed by atoms with E-state index < -0.39 is 6.23 Å². The molecule has 11 heteroatoms. The highest BCUT2D eigenvalue weighted by atomic mass is 16.3. The summed E-state index contributed by atoms with van der Waals surface area (Å²) < 4.78 is 1.92. The fourth-order valence-electron chi connectivity index (χ4n) is 5.41. The van der Waals surface area contributed by atoms with Crippen molar-refractivity contribution in [2.24, 2.45) is 0 Å². The Morgan fingerprint density at radius 1 is 1.17 bits per heavy atom. The molecular formula is C30H35N9O2. The smallest absolute Gasteiger partial charge is 0.256 e. The number of nitrogen functional groups attached to an aromatic ring is 1. The number of aliphatic hydroxyl groups excluding tert-OH is 1. The molecule has 1 aliphatic heterocycles. The minimum Gasteiger partial charge on any atom is -0.383 e. The number of aromatic nitrogens is 5. The maximum Gasteiger partial charge on any atom is 0.256 e. The molecule has 1 aromatic carbocycles. The number of pyridine rings is 1. The molecule has 11 nitrogen and oxygen atoms in total. The van der Waals surface area contributed by atoms with E-state index in [4.69, 9.17) is 10.8 Å². The first-order chi connectivity index (χ1) is 20.0. The van der Waals surface area contributed by atoms with E-state index in [9.17, 15) is 9.90 Å². The quantitative estimate of drug-likeness (QED) is 0.266. The number of hydrogen-bond acceptors (Lipinski definition) is 9. The number of carbonyl (C=O) groups excluding carboxylic acids is 1. The first-order valence-corrected chi connectivity index (χ1v) is 14.1. The van der Waals surface area contributed by atoms with Crippen LogP contribution in [-0.4, -0.2) is 84.5 Å². The van der Waals surface area contributed by atoms with Gasteiger partial charge in [-0.2, -0.15) is 5.10 Å². The van der Waals surface area contributed by atoms with Crippen molar-refractivity contribution >= 4 is 28.6 Å². The Hall–Kier alpha value is -4.19. The molecule has 212 valence electrons. The lowest BCUT2D eigenvalue weighted by Crippen LogP contribution is -2.42. The molecule has 41 heavy (non-hydrogen) atoms. The molecule has 0 spiro atoms. The number of piperidine rings is 1. The number of nitrogens with two attached hydrogens (primary N) is 1. The van der Waals surface area contributed by atoms with Crippen molar-refractivity contribution in [3.63, 3.8) is 0 Å². The number of nitrogens with zero attached hydrogens (tertiary/aromatic N) is 7. The van der Waals surface area contributed by atoms with Gasteiger partial charge in [-0.15, -0.1) is 0 Å². The van der Waals surface area contributed by atoms with Gasteiger partial charge in [-0.1, -0.05) is 24.3 Å². The maximum absolute atomic E-state index is 12.7. The molecule has 6 rings (SSSR count). The number of aliphatic hydroxyl groups is 1. The second kappa shape index (κ2) is 11.7. The number of likely N-dealkylation sites (N-methyl/N-ethyl adjacent to an activating group) is 1. The van der Waals surface area contributed by atoms with Crippen LogP contribution in [0.2, 0.25) is 0 Å². The lowest BCUT2D eigenvalue weighted by Gasteiger charge is -2.35. The highest BCUT2D eigenvalue weighted by Gasteiger charge is 2.29. The van der Waals surface area contributed by atoms with Crippen molar-refractivity contribution in [3.05, 3.63) is 72.7 Å². The lowest BCUT2D eigenvalue weighted by atomic mass is 10.1. The number of nitrogens with one attached hydrogen (secondary N) is 1. The first kappa shape index (κ1) is 27.0. The van der Waals surface area contributed by atoms with Crippen molar-refractivity contribution in [3.8, 4) is 11.3 Å². The Morgan fingerprint density at radius 2 is 2.00 bits per heavy atom. The summed E-state index contributed by atoms with van der Waals surface area (Å²) in [7, 11) is 2.13. The summed E-state index contributed by atoms with van der Waals surface area (Å²) in [6.07, 6.45) is 10.7. The zero-order valence-electron chi connectivity index (χ0n) is 23.1. The Balaban J connectivity index is 1.22. The Kier molecular flexibility index (Phi) is 7.73. The van der Waals surface area contributed by atoms with Gasteiger partial charge in [0, 0.05) is 43.0 Å². The van der Waals surface area contributed by atoms with E-state index in [2.05, 4.69) is 43.2 Å². The van der Waals surface area contributed by atoms with Crippen LogP contribution in [0.1, 0.15) is 42.1 Å². The van der Waals surface area contributed by atoms with E-state index in [0.29, 0.717) is 46.5 Å². The summed E-state index contributed by atoms with van der Waals surface area (Å²) in [6.45, 7) is 2.29. The van der Waals surface area contributed by atoms with Gasteiger partial charge in [0.05, 0.1) is 11.4 Å². The SMILES string of the molecule is CN(C/C=C/C(O)N1CCC[C@@H](n2nc(-c3ccc(C(=O)Nc4ccccn4)cc3)c3c(N)ncnc32)C1)C1CC1. The summed E-state index contributed by atoms with van der Waals surface area (Å²) >= 11 is 0. The zero-order chi connectivity index (χ0) is 28.3. The number of rotatable bonds is 9. The number of likely N-dealkylation sites (tertiary alicyclic amines) is 1. The van der Waals surface area contributed by atoms with Gasteiger partial charge in [-0.05, 0) is 63.1 Å². The van der Waals surface area contributed by atoms with Crippen molar-refractivity contribution in [1.82, 2.24) is 34.5 Å². The van der Waals surface area contributed by atoms with E-state index in [1.165, 1.54) is 19.2 Å². The van der Waals surface area contributed by atoms with Crippen molar-refractivity contribution in [2.45, 2.75) is 44.0 Å². The molecule has 1 amide bonds. The maximum atomic E-state index is 12.7. The summed E-state index contributed by atoms with van der Waals surface area (Å²) in [5.74, 6) is 0.593. The lowest BCUT2D eigenvalue weighted by molar-refractivity contribution is 0.0122. The van der Waals surface area contributed by atoms with E-state index in [-0.39, 0.29) is 11.9 Å². The summed E-state index contributed by atoms with van der Waals surface area (Å²) in [4.78, 5) is 30.0. The Morgan fingerprint density at radius 3 is 2.76 bits per heavy atom. The van der Waals surface area contributed by atoms with Crippen molar-refractivity contribution < 1.29 is 9.90 Å². The third kappa shape index (κ3) is 5.97. The normalized spacial score (nSPS) is 18.8. The van der Waals surface area contributed by atoms with Crippen LogP contribution in [0.4, 0.5) is 11.6 Å². The van der Waals surface area contributed by atoms with Gasteiger partial charge in [0.2, 0.25) is 0 Å². The molecule has 1 aliphatic carbocycles. The van der Waals surface area contributed by atoms with Crippen LogP contribution in [0.25, 0.3) is 22.3 Å². The van der Waals surface area contributed by atoms with Gasteiger partial charge in [-0.25, -0.2) is 19.6 Å². The highest BCUT2D eigenvalue weighted by molar-refractivity contribution is 6.04. The Labute approximate surface area is 238 Å². The van der Waals surface area contributed by atoms with Crippen LogP contribution in [0.15, 0.2) is 67.1 Å². The minimum absolute atomic E-state index is 0.00918. The molecule has 1 saturated heterocycles. The number of benzene rings is 1. The van der Waals surface area contributed by atoms with E-state index >= 15 is 0 Å². The highest BCUT2D eigenvalue weighted by Crippen LogP contribution is 2.34. The number of fused-ring (bicyclic) bond motifs is 1. The van der Waals surface area contributed by atoms with Crippen molar-refractivity contribution in [2.75, 3.05) is 37.7 Å². The molecular weight excluding hydrogens is 518 g/mol. The van der Waals surface area contributed by atoms with Crippen LogP contribution >= 0.6 is 0 Å². The van der Waals surface area contributed by atoms with Gasteiger partial charge >= 0.3 is 0 Å². The zero-order valence-corrected chi connectivity index (χ0v) is 23.1. The van der Waals surface area contributed by atoms with Crippen LogP contribution in [0.5, 0.6) is 0 Å². The molecule has 2 atom stereocenters. The largest absolute Gasteiger partial charge is 0.383 e. The molecule has 1 saturated carbocycles. The third-order valence-electron chi connectivity index (χ3n) is 7.86. The third-order valence-corrected chi connectivity index (χ3v) is 7.86. The van der Waals surface area contributed by atoms with Crippen molar-refractivity contribution in [1.29, 1.82) is 0 Å². The van der Waals surface area contributed by atoms with E-state index in [1.54, 1.807) is 30.5 Å². The summed E-state index contributed by atoms with van der Waals surface area (Å²) in [5.41, 5.74) is 8.97. The Bertz CT molecular complexity index is 1530. The summed E-state index contributed by atoms with van der Waals surface area (Å²) in [6, 6.07) is 13.3. The molecule has 1 unspecified atom stereocenters. The van der Waals surface area contributed by atoms with E-state index in [0.717, 1.165) is 31.5 Å². The molecule has 4 N–H and O–H groups in total. The average molecular weight is 554 g/mol. The first-order valence-electron chi connectivity index (χ1n) is 14.1. The van der Waals surface area contributed by atoms with Gasteiger partial charge in [0.25, 0.3) is 5.91 Å². The predicted molar refractivity (Wildman–Crippen MR) is 158 cm³/mol. The van der Waals surface area contributed by atoms with Crippen LogP contribution < -0.4 is 11.1 Å². The van der Waals surface area contributed by atoms with Gasteiger partial charge < -0.3 is 16.2 Å². The van der Waals surface area contributed by atoms with Gasteiger partial charge in [0.1, 0.15) is 29.9 Å². The van der Waals surface area contributed by atoms with Crippen LogP contribution in [0, 0.1) is 0 Å². The minimum atomic E-state index is -0.656. The standard InChI is InChI=1S/C30H35N9O2/c1-37(22-13-14-22)16-5-8-25(40)38-17-4-6-23(18-38)39-29-26(28(31)33-19-34-29)27(36-39)20-9-11-21(12-10-20)30(41)35-24-7-2-3-15-32-24/h2-3,5,7-12,15,19,22-23,25,40H,4,6,13-14,16-18H2,1H3,(H2,31,33,34)(H,32,35,41)/b8-5+/t23-,25?/m1/s1. The number of carbonyl (C=O) groups is 1. The molecule has 0 bridgehead atoms. The fourth-order valence-corrected chi connectivity index (χ4v) is 5.41. The monoisotopic (exact) mass is 553 g/mol. The average Bonchev–Trinajstić information content (AvgIpc) is 3.78. The van der Waals surface area contributed by atoms with Crippen LogP contribution in [0.3, 0.4) is 0 Å². The number of hydrogen-bond donors (Lipinski definition) is 3. The second-order valence-corrected chi connectivity index (χ2v) is 10.8. The van der Waals surface area contributed by atoms with E-state index in [1.807, 2.05) is 29.0 Å².